The molecule has 2 aliphatic rings. The van der Waals surface area contributed by atoms with Gasteiger partial charge < -0.3 is 15.0 Å². The summed E-state index contributed by atoms with van der Waals surface area (Å²) < 4.78 is 5.34. The molecule has 2 fully saturated rings. The Labute approximate surface area is 110 Å². The van der Waals surface area contributed by atoms with Crippen molar-refractivity contribution >= 4 is 5.91 Å². The molecule has 4 heteroatoms. The van der Waals surface area contributed by atoms with Crippen molar-refractivity contribution in [3.05, 3.63) is 0 Å². The molecule has 0 saturated carbocycles. The molecular weight excluding hydrogens is 228 g/mol. The Hall–Kier alpha value is -0.610. The zero-order valence-corrected chi connectivity index (χ0v) is 11.9. The normalized spacial score (nSPS) is 29.6. The SMILES string of the molecule is COC(C)(C)C(=O)N1CCCC1C1CCCNC1. The third kappa shape index (κ3) is 2.69. The zero-order chi connectivity index (χ0) is 13.2. The fraction of sp³-hybridized carbons (Fsp3) is 0.929. The largest absolute Gasteiger partial charge is 0.369 e. The van der Waals surface area contributed by atoms with Gasteiger partial charge in [0.15, 0.2) is 0 Å². The van der Waals surface area contributed by atoms with E-state index in [1.165, 1.54) is 12.8 Å². The summed E-state index contributed by atoms with van der Waals surface area (Å²) in [7, 11) is 1.62. The first kappa shape index (κ1) is 13.8. The zero-order valence-electron chi connectivity index (χ0n) is 11.9. The first-order valence-electron chi connectivity index (χ1n) is 7.13. The maximum atomic E-state index is 12.5. The van der Waals surface area contributed by atoms with Crippen LogP contribution in [0.1, 0.15) is 39.5 Å². The van der Waals surface area contributed by atoms with Crippen molar-refractivity contribution in [2.45, 2.75) is 51.2 Å². The summed E-state index contributed by atoms with van der Waals surface area (Å²) in [6.45, 7) is 6.81. The fourth-order valence-electron chi connectivity index (χ4n) is 3.18. The van der Waals surface area contributed by atoms with Crippen LogP contribution in [0.25, 0.3) is 0 Å². The monoisotopic (exact) mass is 254 g/mol. The number of ether oxygens (including phenoxy) is 1. The second-order valence-electron chi connectivity index (χ2n) is 6.03. The molecule has 0 aromatic heterocycles. The average Bonchev–Trinajstić information content (AvgIpc) is 2.87. The first-order valence-corrected chi connectivity index (χ1v) is 7.13. The fourth-order valence-corrected chi connectivity index (χ4v) is 3.18. The molecule has 2 heterocycles. The lowest BCUT2D eigenvalue weighted by Gasteiger charge is -2.37. The van der Waals surface area contributed by atoms with E-state index in [-0.39, 0.29) is 5.91 Å². The molecule has 0 bridgehead atoms. The molecule has 0 radical (unpaired) electrons. The van der Waals surface area contributed by atoms with Gasteiger partial charge in [0.1, 0.15) is 5.60 Å². The van der Waals surface area contributed by atoms with E-state index in [1.807, 2.05) is 13.8 Å². The number of likely N-dealkylation sites (tertiary alicyclic amines) is 1. The van der Waals surface area contributed by atoms with Crippen molar-refractivity contribution in [2.24, 2.45) is 5.92 Å². The molecule has 1 N–H and O–H groups in total. The van der Waals surface area contributed by atoms with E-state index in [0.29, 0.717) is 12.0 Å². The molecule has 104 valence electrons. The Morgan fingerprint density at radius 2 is 2.11 bits per heavy atom. The highest BCUT2D eigenvalue weighted by atomic mass is 16.5. The molecule has 2 saturated heterocycles. The summed E-state index contributed by atoms with van der Waals surface area (Å²) in [4.78, 5) is 14.6. The Morgan fingerprint density at radius 1 is 1.33 bits per heavy atom. The number of amides is 1. The van der Waals surface area contributed by atoms with Crippen LogP contribution >= 0.6 is 0 Å². The topological polar surface area (TPSA) is 41.6 Å². The van der Waals surface area contributed by atoms with Gasteiger partial charge in [-0.15, -0.1) is 0 Å². The molecule has 2 rings (SSSR count). The van der Waals surface area contributed by atoms with E-state index < -0.39 is 5.60 Å². The molecule has 0 aromatic carbocycles. The predicted molar refractivity (Wildman–Crippen MR) is 71.4 cm³/mol. The maximum absolute atomic E-state index is 12.5. The number of methoxy groups -OCH3 is 1. The van der Waals surface area contributed by atoms with E-state index in [0.717, 1.165) is 32.5 Å². The minimum Gasteiger partial charge on any atom is -0.369 e. The smallest absolute Gasteiger partial charge is 0.254 e. The van der Waals surface area contributed by atoms with Gasteiger partial charge in [-0.2, -0.15) is 0 Å². The van der Waals surface area contributed by atoms with Gasteiger partial charge in [0.25, 0.3) is 5.91 Å². The molecule has 18 heavy (non-hydrogen) atoms. The number of rotatable bonds is 3. The lowest BCUT2D eigenvalue weighted by Crippen LogP contribution is -2.52. The summed E-state index contributed by atoms with van der Waals surface area (Å²) in [5.41, 5.74) is -0.690. The average molecular weight is 254 g/mol. The summed E-state index contributed by atoms with van der Waals surface area (Å²) in [5.74, 6) is 0.774. The van der Waals surface area contributed by atoms with Crippen molar-refractivity contribution in [3.63, 3.8) is 0 Å². The van der Waals surface area contributed by atoms with Gasteiger partial charge in [-0.25, -0.2) is 0 Å². The van der Waals surface area contributed by atoms with Gasteiger partial charge in [0, 0.05) is 19.7 Å². The Balaban J connectivity index is 2.04. The predicted octanol–water partition coefficient (Wildman–Crippen LogP) is 1.40. The Kier molecular flexibility index (Phi) is 4.28. The molecule has 2 atom stereocenters. The van der Waals surface area contributed by atoms with Crippen LogP contribution in [0, 0.1) is 5.92 Å². The highest BCUT2D eigenvalue weighted by Gasteiger charge is 2.40. The van der Waals surface area contributed by atoms with Crippen LogP contribution in [0.5, 0.6) is 0 Å². The van der Waals surface area contributed by atoms with Gasteiger partial charge in [0.2, 0.25) is 0 Å². The van der Waals surface area contributed by atoms with Gasteiger partial charge >= 0.3 is 0 Å². The molecule has 2 aliphatic heterocycles. The number of piperidine rings is 1. The highest BCUT2D eigenvalue weighted by molar-refractivity contribution is 5.85. The van der Waals surface area contributed by atoms with Crippen LogP contribution in [0.15, 0.2) is 0 Å². The Morgan fingerprint density at radius 3 is 2.72 bits per heavy atom. The minimum atomic E-state index is -0.690. The van der Waals surface area contributed by atoms with Crippen LogP contribution in [0.4, 0.5) is 0 Å². The number of carbonyl (C=O) groups is 1. The number of nitrogens with one attached hydrogen (secondary N) is 1. The van der Waals surface area contributed by atoms with Crippen LogP contribution in [0.2, 0.25) is 0 Å². The number of hydrogen-bond acceptors (Lipinski definition) is 3. The lowest BCUT2D eigenvalue weighted by molar-refractivity contribution is -0.153. The highest BCUT2D eigenvalue weighted by Crippen LogP contribution is 2.30. The summed E-state index contributed by atoms with van der Waals surface area (Å²) in [6, 6.07) is 0.416. The number of hydrogen-bond donors (Lipinski definition) is 1. The maximum Gasteiger partial charge on any atom is 0.254 e. The first-order chi connectivity index (χ1) is 8.56. The number of nitrogens with zero attached hydrogens (tertiary/aromatic N) is 1. The minimum absolute atomic E-state index is 0.151. The van der Waals surface area contributed by atoms with Crippen LogP contribution in [0.3, 0.4) is 0 Å². The third-order valence-electron chi connectivity index (χ3n) is 4.46. The van der Waals surface area contributed by atoms with Crippen LogP contribution in [-0.2, 0) is 9.53 Å². The van der Waals surface area contributed by atoms with E-state index in [1.54, 1.807) is 7.11 Å². The molecular formula is C14H26N2O2. The molecule has 1 amide bonds. The van der Waals surface area contributed by atoms with Crippen molar-refractivity contribution in [3.8, 4) is 0 Å². The van der Waals surface area contributed by atoms with Crippen LogP contribution in [-0.4, -0.2) is 49.2 Å². The lowest BCUT2D eigenvalue weighted by atomic mass is 9.89. The molecule has 0 spiro atoms. The Bertz CT molecular complexity index is 298. The van der Waals surface area contributed by atoms with Crippen molar-refractivity contribution in [1.82, 2.24) is 10.2 Å². The second-order valence-corrected chi connectivity index (χ2v) is 6.03. The standard InChI is InChI=1S/C14H26N2O2/c1-14(2,18-3)13(17)16-9-5-7-12(16)11-6-4-8-15-10-11/h11-12,15H,4-10H2,1-3H3. The van der Waals surface area contributed by atoms with E-state index in [2.05, 4.69) is 10.2 Å². The molecule has 0 aliphatic carbocycles. The summed E-state index contributed by atoms with van der Waals surface area (Å²) in [5, 5.41) is 3.45. The quantitative estimate of drug-likeness (QED) is 0.828. The van der Waals surface area contributed by atoms with E-state index in [4.69, 9.17) is 4.74 Å². The number of carbonyl (C=O) groups excluding carboxylic acids is 1. The van der Waals surface area contributed by atoms with Crippen molar-refractivity contribution < 1.29 is 9.53 Å². The van der Waals surface area contributed by atoms with Crippen LogP contribution < -0.4 is 5.32 Å². The van der Waals surface area contributed by atoms with Crippen molar-refractivity contribution in [1.29, 1.82) is 0 Å². The van der Waals surface area contributed by atoms with Gasteiger partial charge in [0.05, 0.1) is 0 Å². The molecule has 4 nitrogen and oxygen atoms in total. The molecule has 0 aromatic rings. The van der Waals surface area contributed by atoms with Gasteiger partial charge in [-0.1, -0.05) is 0 Å². The van der Waals surface area contributed by atoms with E-state index >= 15 is 0 Å². The summed E-state index contributed by atoms with van der Waals surface area (Å²) >= 11 is 0. The third-order valence-corrected chi connectivity index (χ3v) is 4.46. The van der Waals surface area contributed by atoms with Gasteiger partial charge in [-0.05, 0) is 58.5 Å². The molecule has 2 unspecified atom stereocenters. The van der Waals surface area contributed by atoms with Crippen molar-refractivity contribution in [2.75, 3.05) is 26.7 Å². The second kappa shape index (κ2) is 5.57. The summed E-state index contributed by atoms with van der Waals surface area (Å²) in [6.07, 6.45) is 4.76. The van der Waals surface area contributed by atoms with E-state index in [9.17, 15) is 4.79 Å². The van der Waals surface area contributed by atoms with Gasteiger partial charge in [-0.3, -0.25) is 4.79 Å².